The molecule has 5 nitrogen and oxygen atoms in total. The van der Waals surface area contributed by atoms with Crippen molar-refractivity contribution >= 4 is 16.8 Å². The van der Waals surface area contributed by atoms with Crippen LogP contribution in [0.3, 0.4) is 0 Å². The second-order valence-electron chi connectivity index (χ2n) is 3.74. The van der Waals surface area contributed by atoms with E-state index in [1.807, 2.05) is 6.07 Å². The van der Waals surface area contributed by atoms with Crippen LogP contribution in [0.5, 0.6) is 0 Å². The van der Waals surface area contributed by atoms with Gasteiger partial charge in [-0.05, 0) is 12.1 Å². The highest BCUT2D eigenvalue weighted by Crippen LogP contribution is 2.15. The van der Waals surface area contributed by atoms with Gasteiger partial charge in [0.2, 0.25) is 0 Å². The number of carboxylic acid groups (broad SMARTS) is 1. The van der Waals surface area contributed by atoms with Crippen molar-refractivity contribution in [1.82, 2.24) is 9.78 Å². The highest BCUT2D eigenvalue weighted by molar-refractivity contribution is 7.84. The van der Waals surface area contributed by atoms with Crippen LogP contribution < -0.4 is 0 Å². The molecular weight excluding hydrogens is 252 g/mol. The van der Waals surface area contributed by atoms with Crippen LogP contribution >= 0.6 is 0 Å². The van der Waals surface area contributed by atoms with E-state index in [2.05, 4.69) is 5.10 Å². The lowest BCUT2D eigenvalue weighted by atomic mass is 10.3. The number of carbonyl (C=O) groups is 1. The Labute approximate surface area is 107 Å². The summed E-state index contributed by atoms with van der Waals surface area (Å²) in [4.78, 5) is 11.7. The molecule has 94 valence electrons. The van der Waals surface area contributed by atoms with Crippen molar-refractivity contribution in [3.8, 4) is 0 Å². The Morgan fingerprint density at radius 2 is 2.06 bits per heavy atom. The van der Waals surface area contributed by atoms with Crippen LogP contribution in [0, 0.1) is 0 Å². The van der Waals surface area contributed by atoms with E-state index >= 15 is 0 Å². The average molecular weight is 264 g/mol. The molecular formula is C12H12N2O3S. The maximum atomic E-state index is 12.1. The van der Waals surface area contributed by atoms with Crippen molar-refractivity contribution in [2.45, 2.75) is 10.6 Å². The molecule has 2 aromatic rings. The van der Waals surface area contributed by atoms with E-state index in [1.165, 1.54) is 10.9 Å². The standard InChI is InChI=1S/C12H12N2O3S/c1-14-11(10(7-13-14)12(15)16)8-18(17)9-5-3-2-4-6-9/h2-7H,8H2,1H3,(H,15,16). The average Bonchev–Trinajstić information content (AvgIpc) is 2.72. The van der Waals surface area contributed by atoms with Crippen LogP contribution in [0.25, 0.3) is 0 Å². The second-order valence-corrected chi connectivity index (χ2v) is 5.19. The van der Waals surface area contributed by atoms with Crippen LogP contribution in [-0.2, 0) is 23.6 Å². The molecule has 1 N–H and O–H groups in total. The first-order valence-electron chi connectivity index (χ1n) is 5.27. The minimum atomic E-state index is -1.27. The number of hydrogen-bond acceptors (Lipinski definition) is 3. The van der Waals surface area contributed by atoms with Gasteiger partial charge >= 0.3 is 5.97 Å². The van der Waals surface area contributed by atoms with E-state index in [4.69, 9.17) is 5.11 Å². The molecule has 2 rings (SSSR count). The van der Waals surface area contributed by atoms with E-state index in [-0.39, 0.29) is 11.3 Å². The molecule has 0 saturated heterocycles. The lowest BCUT2D eigenvalue weighted by Crippen LogP contribution is -2.08. The zero-order valence-corrected chi connectivity index (χ0v) is 10.6. The predicted molar refractivity (Wildman–Crippen MR) is 66.7 cm³/mol. The molecule has 18 heavy (non-hydrogen) atoms. The Hall–Kier alpha value is -1.95. The molecule has 0 saturated carbocycles. The van der Waals surface area contributed by atoms with Gasteiger partial charge < -0.3 is 5.11 Å². The molecule has 1 atom stereocenters. The van der Waals surface area contributed by atoms with Crippen LogP contribution in [-0.4, -0.2) is 25.1 Å². The number of hydrogen-bond donors (Lipinski definition) is 1. The van der Waals surface area contributed by atoms with E-state index < -0.39 is 16.8 Å². The van der Waals surface area contributed by atoms with Gasteiger partial charge in [-0.1, -0.05) is 18.2 Å². The largest absolute Gasteiger partial charge is 0.478 e. The van der Waals surface area contributed by atoms with Gasteiger partial charge in [-0.15, -0.1) is 0 Å². The minimum absolute atomic E-state index is 0.0989. The molecule has 1 aromatic carbocycles. The summed E-state index contributed by atoms with van der Waals surface area (Å²) in [6, 6.07) is 8.95. The lowest BCUT2D eigenvalue weighted by Gasteiger charge is -2.04. The fourth-order valence-corrected chi connectivity index (χ4v) is 2.81. The molecule has 1 aromatic heterocycles. The summed E-state index contributed by atoms with van der Waals surface area (Å²) >= 11 is 0. The minimum Gasteiger partial charge on any atom is -0.478 e. The van der Waals surface area contributed by atoms with Gasteiger partial charge in [-0.25, -0.2) is 4.79 Å². The van der Waals surface area contributed by atoms with Gasteiger partial charge in [-0.3, -0.25) is 8.89 Å². The van der Waals surface area contributed by atoms with Crippen molar-refractivity contribution in [3.05, 3.63) is 47.8 Å². The van der Waals surface area contributed by atoms with Gasteiger partial charge in [0.1, 0.15) is 5.56 Å². The van der Waals surface area contributed by atoms with Gasteiger partial charge in [0.05, 0.1) is 28.4 Å². The van der Waals surface area contributed by atoms with Gasteiger partial charge in [0, 0.05) is 11.9 Å². The summed E-state index contributed by atoms with van der Waals surface area (Å²) in [5.74, 6) is -0.912. The monoisotopic (exact) mass is 264 g/mol. The number of rotatable bonds is 4. The van der Waals surface area contributed by atoms with Gasteiger partial charge in [0.15, 0.2) is 0 Å². The first-order valence-corrected chi connectivity index (χ1v) is 6.59. The number of carboxylic acids is 1. The maximum Gasteiger partial charge on any atom is 0.339 e. The highest BCUT2D eigenvalue weighted by atomic mass is 32.2. The van der Waals surface area contributed by atoms with E-state index in [1.54, 1.807) is 31.3 Å². The first-order chi connectivity index (χ1) is 8.59. The Kier molecular flexibility index (Phi) is 3.57. The fraction of sp³-hybridized carbons (Fsp3) is 0.167. The summed E-state index contributed by atoms with van der Waals surface area (Å²) < 4.78 is 13.6. The molecule has 6 heteroatoms. The number of aryl methyl sites for hydroxylation is 1. The molecule has 1 unspecified atom stereocenters. The third kappa shape index (κ3) is 2.48. The fourth-order valence-electron chi connectivity index (χ4n) is 1.59. The quantitative estimate of drug-likeness (QED) is 0.906. The molecule has 0 aliphatic heterocycles. The molecule has 0 amide bonds. The number of benzene rings is 1. The Morgan fingerprint density at radius 3 is 2.67 bits per heavy atom. The topological polar surface area (TPSA) is 72.2 Å². The number of aromatic carboxylic acids is 1. The smallest absolute Gasteiger partial charge is 0.339 e. The van der Waals surface area contributed by atoms with Crippen molar-refractivity contribution in [3.63, 3.8) is 0 Å². The molecule has 0 aliphatic carbocycles. The number of nitrogens with zero attached hydrogens (tertiary/aromatic N) is 2. The van der Waals surface area contributed by atoms with Crippen LogP contribution in [0.2, 0.25) is 0 Å². The van der Waals surface area contributed by atoms with Crippen LogP contribution in [0.15, 0.2) is 41.4 Å². The highest BCUT2D eigenvalue weighted by Gasteiger charge is 2.17. The summed E-state index contributed by atoms with van der Waals surface area (Å²) in [5.41, 5.74) is 0.562. The summed E-state index contributed by atoms with van der Waals surface area (Å²) in [6.07, 6.45) is 1.28. The van der Waals surface area contributed by atoms with Crippen molar-refractivity contribution in [1.29, 1.82) is 0 Å². The van der Waals surface area contributed by atoms with Crippen molar-refractivity contribution < 1.29 is 14.1 Å². The maximum absolute atomic E-state index is 12.1. The summed E-state index contributed by atoms with van der Waals surface area (Å²) in [5, 5.41) is 12.9. The van der Waals surface area contributed by atoms with Crippen LogP contribution in [0.4, 0.5) is 0 Å². The lowest BCUT2D eigenvalue weighted by molar-refractivity contribution is 0.0696. The third-order valence-electron chi connectivity index (χ3n) is 2.57. The van der Waals surface area contributed by atoms with E-state index in [0.717, 1.165) is 0 Å². The van der Waals surface area contributed by atoms with Gasteiger partial charge in [0.25, 0.3) is 0 Å². The Morgan fingerprint density at radius 1 is 1.39 bits per heavy atom. The van der Waals surface area contributed by atoms with E-state index in [9.17, 15) is 9.00 Å². The van der Waals surface area contributed by atoms with Crippen molar-refractivity contribution in [2.75, 3.05) is 0 Å². The Balaban J connectivity index is 2.27. The molecule has 0 fully saturated rings. The molecule has 1 heterocycles. The normalized spacial score (nSPS) is 12.3. The van der Waals surface area contributed by atoms with Crippen LogP contribution in [0.1, 0.15) is 16.1 Å². The van der Waals surface area contributed by atoms with E-state index in [0.29, 0.717) is 10.6 Å². The zero-order valence-electron chi connectivity index (χ0n) is 9.74. The Bertz CT molecular complexity index is 593. The second kappa shape index (κ2) is 5.14. The molecule has 0 spiro atoms. The third-order valence-corrected chi connectivity index (χ3v) is 3.90. The van der Waals surface area contributed by atoms with Gasteiger partial charge in [-0.2, -0.15) is 5.10 Å². The SMILES string of the molecule is Cn1ncc(C(=O)O)c1CS(=O)c1ccccc1. The molecule has 0 aliphatic rings. The summed E-state index contributed by atoms with van der Waals surface area (Å²) in [6.45, 7) is 0. The molecule has 0 radical (unpaired) electrons. The predicted octanol–water partition coefficient (Wildman–Crippen LogP) is 1.43. The molecule has 0 bridgehead atoms. The summed E-state index contributed by atoms with van der Waals surface area (Å²) in [7, 11) is 0.369. The number of aromatic nitrogens is 2. The first kappa shape index (κ1) is 12.5. The van der Waals surface area contributed by atoms with Crippen molar-refractivity contribution in [2.24, 2.45) is 7.05 Å². The zero-order chi connectivity index (χ0) is 13.1.